The first-order valence-electron chi connectivity index (χ1n) is 7.16. The summed E-state index contributed by atoms with van der Waals surface area (Å²) in [5.74, 6) is 0.120. The van der Waals surface area contributed by atoms with Crippen LogP contribution in [0.4, 0.5) is 5.69 Å². The minimum absolute atomic E-state index is 0.0181. The molecule has 1 saturated heterocycles. The third-order valence-electron chi connectivity index (χ3n) is 4.36. The van der Waals surface area contributed by atoms with Crippen LogP contribution in [0.2, 0.25) is 0 Å². The molecule has 0 spiro atoms. The molecule has 1 aromatic carbocycles. The van der Waals surface area contributed by atoms with E-state index in [-0.39, 0.29) is 22.5 Å². The number of nitrogens with two attached hydrogens (primary N) is 1. The van der Waals surface area contributed by atoms with E-state index in [0.717, 1.165) is 6.07 Å². The Balaban J connectivity index is 2.44. The van der Waals surface area contributed by atoms with Gasteiger partial charge in [0.25, 0.3) is 5.69 Å². The maximum absolute atomic E-state index is 12.8. The predicted octanol–water partition coefficient (Wildman–Crippen LogP) is 1.57. The zero-order chi connectivity index (χ0) is 16.7. The SMILES string of the molecule is Cc1cc([N+](=O)[O-])cc(S(=O)(=O)N2CCC(C(C)N)C2)c1C. The Kier molecular flexibility index (Phi) is 4.55. The van der Waals surface area contributed by atoms with E-state index in [9.17, 15) is 18.5 Å². The van der Waals surface area contributed by atoms with Gasteiger partial charge in [0.05, 0.1) is 9.82 Å². The van der Waals surface area contributed by atoms with Gasteiger partial charge in [0.2, 0.25) is 10.0 Å². The van der Waals surface area contributed by atoms with Crippen molar-refractivity contribution in [2.45, 2.75) is 38.1 Å². The molecule has 122 valence electrons. The molecular formula is C14H21N3O4S. The number of benzene rings is 1. The summed E-state index contributed by atoms with van der Waals surface area (Å²) in [5.41, 5.74) is 6.79. The van der Waals surface area contributed by atoms with Gasteiger partial charge in [0, 0.05) is 31.3 Å². The second-order valence-electron chi connectivity index (χ2n) is 5.91. The van der Waals surface area contributed by atoms with E-state index in [1.54, 1.807) is 13.8 Å². The van der Waals surface area contributed by atoms with Crippen molar-refractivity contribution in [3.05, 3.63) is 33.4 Å². The fourth-order valence-electron chi connectivity index (χ4n) is 2.72. The molecular weight excluding hydrogens is 306 g/mol. The number of nitrogens with zero attached hydrogens (tertiary/aromatic N) is 2. The summed E-state index contributed by atoms with van der Waals surface area (Å²) in [5, 5.41) is 11.0. The van der Waals surface area contributed by atoms with Crippen LogP contribution in [-0.4, -0.2) is 36.8 Å². The normalized spacial score (nSPS) is 21.0. The number of hydrogen-bond acceptors (Lipinski definition) is 5. The third kappa shape index (κ3) is 2.99. The van der Waals surface area contributed by atoms with Crippen LogP contribution in [0.1, 0.15) is 24.5 Å². The Morgan fingerprint density at radius 2 is 2.05 bits per heavy atom. The molecule has 7 nitrogen and oxygen atoms in total. The molecule has 8 heteroatoms. The van der Waals surface area contributed by atoms with Crippen molar-refractivity contribution in [1.29, 1.82) is 0 Å². The van der Waals surface area contributed by atoms with Crippen LogP contribution >= 0.6 is 0 Å². The summed E-state index contributed by atoms with van der Waals surface area (Å²) < 4.78 is 27.0. The van der Waals surface area contributed by atoms with Crippen LogP contribution in [0.25, 0.3) is 0 Å². The van der Waals surface area contributed by atoms with Crippen LogP contribution in [0.5, 0.6) is 0 Å². The number of rotatable bonds is 4. The van der Waals surface area contributed by atoms with Gasteiger partial charge in [0.15, 0.2) is 0 Å². The molecule has 1 aromatic rings. The molecule has 0 aromatic heterocycles. The molecule has 2 atom stereocenters. The Labute approximate surface area is 130 Å². The number of sulfonamides is 1. The van der Waals surface area contributed by atoms with Crippen molar-refractivity contribution < 1.29 is 13.3 Å². The smallest absolute Gasteiger partial charge is 0.271 e. The Bertz CT molecular complexity index is 700. The van der Waals surface area contributed by atoms with Gasteiger partial charge in [-0.05, 0) is 44.2 Å². The van der Waals surface area contributed by atoms with Crippen molar-refractivity contribution in [2.24, 2.45) is 11.7 Å². The van der Waals surface area contributed by atoms with Gasteiger partial charge < -0.3 is 5.73 Å². The zero-order valence-electron chi connectivity index (χ0n) is 12.9. The highest BCUT2D eigenvalue weighted by Crippen LogP contribution is 2.31. The van der Waals surface area contributed by atoms with Crippen LogP contribution in [0, 0.1) is 29.9 Å². The zero-order valence-corrected chi connectivity index (χ0v) is 13.8. The van der Waals surface area contributed by atoms with Crippen LogP contribution < -0.4 is 5.73 Å². The lowest BCUT2D eigenvalue weighted by Crippen LogP contribution is -2.33. The van der Waals surface area contributed by atoms with Crippen molar-refractivity contribution in [3.63, 3.8) is 0 Å². The van der Waals surface area contributed by atoms with Crippen LogP contribution in [-0.2, 0) is 10.0 Å². The van der Waals surface area contributed by atoms with Gasteiger partial charge in [-0.1, -0.05) is 0 Å². The Hall–Kier alpha value is -1.51. The summed E-state index contributed by atoms with van der Waals surface area (Å²) in [6.07, 6.45) is 0.712. The highest BCUT2D eigenvalue weighted by atomic mass is 32.2. The van der Waals surface area contributed by atoms with Gasteiger partial charge in [0.1, 0.15) is 0 Å². The highest BCUT2D eigenvalue weighted by Gasteiger charge is 2.35. The van der Waals surface area contributed by atoms with E-state index in [2.05, 4.69) is 0 Å². The van der Waals surface area contributed by atoms with Crippen molar-refractivity contribution in [3.8, 4) is 0 Å². The standard InChI is InChI=1S/C14H21N3O4S/c1-9-6-13(17(18)19)7-14(10(9)2)22(20,21)16-5-4-12(8-16)11(3)15/h6-7,11-12H,4-5,8,15H2,1-3H3. The lowest BCUT2D eigenvalue weighted by Gasteiger charge is -2.19. The number of nitro groups is 1. The minimum atomic E-state index is -3.74. The fourth-order valence-corrected chi connectivity index (χ4v) is 4.55. The molecule has 0 bridgehead atoms. The lowest BCUT2D eigenvalue weighted by molar-refractivity contribution is -0.385. The van der Waals surface area contributed by atoms with Gasteiger partial charge >= 0.3 is 0 Å². The molecule has 0 saturated carbocycles. The number of aryl methyl sites for hydroxylation is 1. The monoisotopic (exact) mass is 327 g/mol. The summed E-state index contributed by atoms with van der Waals surface area (Å²) >= 11 is 0. The van der Waals surface area contributed by atoms with E-state index in [0.29, 0.717) is 30.6 Å². The number of hydrogen-bond donors (Lipinski definition) is 1. The summed E-state index contributed by atoms with van der Waals surface area (Å²) in [7, 11) is -3.74. The van der Waals surface area contributed by atoms with Crippen LogP contribution in [0.15, 0.2) is 17.0 Å². The molecule has 22 heavy (non-hydrogen) atoms. The topological polar surface area (TPSA) is 107 Å². The molecule has 1 aliphatic heterocycles. The Morgan fingerprint density at radius 1 is 1.41 bits per heavy atom. The second kappa shape index (κ2) is 5.94. The molecule has 0 radical (unpaired) electrons. The fraction of sp³-hybridized carbons (Fsp3) is 0.571. The van der Waals surface area contributed by atoms with E-state index >= 15 is 0 Å². The first-order chi connectivity index (χ1) is 10.1. The van der Waals surface area contributed by atoms with Gasteiger partial charge in [-0.2, -0.15) is 4.31 Å². The maximum Gasteiger partial charge on any atom is 0.271 e. The van der Waals surface area contributed by atoms with Gasteiger partial charge in [-0.25, -0.2) is 8.42 Å². The quantitative estimate of drug-likeness (QED) is 0.667. The minimum Gasteiger partial charge on any atom is -0.328 e. The molecule has 2 unspecified atom stereocenters. The second-order valence-corrected chi connectivity index (χ2v) is 7.82. The molecule has 2 rings (SSSR count). The molecule has 0 amide bonds. The van der Waals surface area contributed by atoms with Crippen molar-refractivity contribution in [1.82, 2.24) is 4.31 Å². The molecule has 2 N–H and O–H groups in total. The lowest BCUT2D eigenvalue weighted by atomic mass is 10.0. The van der Waals surface area contributed by atoms with Gasteiger partial charge in [-0.3, -0.25) is 10.1 Å². The van der Waals surface area contributed by atoms with E-state index in [1.807, 2.05) is 6.92 Å². The molecule has 1 aliphatic rings. The average Bonchev–Trinajstić information content (AvgIpc) is 2.91. The van der Waals surface area contributed by atoms with E-state index < -0.39 is 14.9 Å². The molecule has 0 aliphatic carbocycles. The first kappa shape index (κ1) is 16.9. The van der Waals surface area contributed by atoms with E-state index in [4.69, 9.17) is 5.73 Å². The summed E-state index contributed by atoms with van der Waals surface area (Å²) in [6, 6.07) is 2.47. The average molecular weight is 327 g/mol. The number of non-ortho nitro benzene ring substituents is 1. The highest BCUT2D eigenvalue weighted by molar-refractivity contribution is 7.89. The third-order valence-corrected chi connectivity index (χ3v) is 6.36. The van der Waals surface area contributed by atoms with Gasteiger partial charge in [-0.15, -0.1) is 0 Å². The summed E-state index contributed by atoms with van der Waals surface area (Å²) in [4.78, 5) is 10.4. The van der Waals surface area contributed by atoms with E-state index in [1.165, 1.54) is 10.4 Å². The Morgan fingerprint density at radius 3 is 2.55 bits per heavy atom. The first-order valence-corrected chi connectivity index (χ1v) is 8.60. The molecule has 1 fully saturated rings. The largest absolute Gasteiger partial charge is 0.328 e. The van der Waals surface area contributed by atoms with Crippen LogP contribution in [0.3, 0.4) is 0 Å². The maximum atomic E-state index is 12.8. The number of nitro benzene ring substituents is 1. The predicted molar refractivity (Wildman–Crippen MR) is 83.1 cm³/mol. The van der Waals surface area contributed by atoms with Crippen molar-refractivity contribution in [2.75, 3.05) is 13.1 Å². The molecule has 1 heterocycles. The summed E-state index contributed by atoms with van der Waals surface area (Å²) in [6.45, 7) is 5.97. The van der Waals surface area contributed by atoms with Crippen molar-refractivity contribution >= 4 is 15.7 Å².